The van der Waals surface area contributed by atoms with Crippen molar-refractivity contribution in [3.63, 3.8) is 0 Å². The van der Waals surface area contributed by atoms with Crippen LogP contribution in [0.5, 0.6) is 0 Å². The van der Waals surface area contributed by atoms with E-state index < -0.39 is 0 Å². The molecule has 0 spiro atoms. The number of nitrogens with two attached hydrogens (primary N) is 1. The van der Waals surface area contributed by atoms with Gasteiger partial charge in [0.2, 0.25) is 0 Å². The number of hydrogen-bond acceptors (Lipinski definition) is 4. The van der Waals surface area contributed by atoms with Crippen molar-refractivity contribution in [3.05, 3.63) is 18.0 Å². The lowest BCUT2D eigenvalue weighted by Gasteiger charge is -2.45. The highest BCUT2D eigenvalue weighted by atomic mass is 15.3. The zero-order valence-electron chi connectivity index (χ0n) is 13.0. The van der Waals surface area contributed by atoms with Gasteiger partial charge >= 0.3 is 0 Å². The molecule has 1 unspecified atom stereocenters. The average Bonchev–Trinajstić information content (AvgIpc) is 2.80. The van der Waals surface area contributed by atoms with Gasteiger partial charge in [0.05, 0.1) is 0 Å². The quantitative estimate of drug-likeness (QED) is 0.551. The van der Waals surface area contributed by atoms with Gasteiger partial charge in [-0.05, 0) is 45.8 Å². The van der Waals surface area contributed by atoms with Crippen molar-refractivity contribution in [1.29, 1.82) is 0 Å². The molecule has 1 atom stereocenters. The summed E-state index contributed by atoms with van der Waals surface area (Å²) in [5, 5.41) is 4.21. The third-order valence-electron chi connectivity index (χ3n) is 4.58. The van der Waals surface area contributed by atoms with Crippen LogP contribution in [0.1, 0.15) is 38.8 Å². The van der Waals surface area contributed by atoms with E-state index >= 15 is 0 Å². The molecule has 1 aromatic rings. The first-order valence-electron chi connectivity index (χ1n) is 7.12. The second-order valence-electron chi connectivity index (χ2n) is 5.41. The van der Waals surface area contributed by atoms with Gasteiger partial charge < -0.3 is 4.90 Å². The number of rotatable bonds is 8. The highest BCUT2D eigenvalue weighted by Crippen LogP contribution is 2.28. The van der Waals surface area contributed by atoms with Crippen LogP contribution < -0.4 is 11.3 Å². The highest BCUT2D eigenvalue weighted by Gasteiger charge is 2.36. The molecule has 1 aromatic heterocycles. The standard InChI is InChI=1S/C14H29N5/c1-6-14(7-2,18(3)4)13(17-15)9-8-12-10-11-16-19(12)5/h10-11,13,17H,6-9,15H2,1-5H3. The van der Waals surface area contributed by atoms with E-state index in [4.69, 9.17) is 5.84 Å². The summed E-state index contributed by atoms with van der Waals surface area (Å²) in [5.41, 5.74) is 4.39. The van der Waals surface area contributed by atoms with Gasteiger partial charge in [-0.2, -0.15) is 5.10 Å². The van der Waals surface area contributed by atoms with E-state index in [1.54, 1.807) is 0 Å². The predicted molar refractivity (Wildman–Crippen MR) is 79.6 cm³/mol. The average molecular weight is 267 g/mol. The molecule has 5 nitrogen and oxygen atoms in total. The van der Waals surface area contributed by atoms with E-state index in [1.807, 2.05) is 17.9 Å². The minimum atomic E-state index is 0.105. The summed E-state index contributed by atoms with van der Waals surface area (Å²) in [7, 11) is 6.27. The SMILES string of the molecule is CCC(CC)(C(CCc1ccnn1C)NN)N(C)C. The van der Waals surface area contributed by atoms with Crippen molar-refractivity contribution in [3.8, 4) is 0 Å². The summed E-state index contributed by atoms with van der Waals surface area (Å²) < 4.78 is 1.93. The fourth-order valence-corrected chi connectivity index (χ4v) is 3.13. The van der Waals surface area contributed by atoms with Gasteiger partial charge in [-0.25, -0.2) is 0 Å². The van der Waals surface area contributed by atoms with Crippen LogP contribution in [0.4, 0.5) is 0 Å². The number of nitrogens with zero attached hydrogens (tertiary/aromatic N) is 3. The van der Waals surface area contributed by atoms with Crippen LogP contribution in [0, 0.1) is 0 Å². The van der Waals surface area contributed by atoms with Gasteiger partial charge in [0.15, 0.2) is 0 Å². The third kappa shape index (κ3) is 3.35. The molecule has 110 valence electrons. The Labute approximate surface area is 117 Å². The molecular formula is C14H29N5. The second-order valence-corrected chi connectivity index (χ2v) is 5.41. The number of hydrazine groups is 1. The maximum Gasteiger partial charge on any atom is 0.0492 e. The largest absolute Gasteiger partial charge is 0.302 e. The lowest BCUT2D eigenvalue weighted by atomic mass is 9.81. The number of nitrogens with one attached hydrogen (secondary N) is 1. The summed E-state index contributed by atoms with van der Waals surface area (Å²) in [4.78, 5) is 2.31. The van der Waals surface area contributed by atoms with Crippen molar-refractivity contribution >= 4 is 0 Å². The molecule has 1 heterocycles. The minimum absolute atomic E-state index is 0.105. The van der Waals surface area contributed by atoms with Crippen molar-refractivity contribution in [2.24, 2.45) is 12.9 Å². The van der Waals surface area contributed by atoms with Crippen LogP contribution >= 0.6 is 0 Å². The topological polar surface area (TPSA) is 59.1 Å². The Morgan fingerprint density at radius 3 is 2.42 bits per heavy atom. The number of likely N-dealkylation sites (N-methyl/N-ethyl adjacent to an activating group) is 1. The Morgan fingerprint density at radius 2 is 2.05 bits per heavy atom. The molecule has 5 heteroatoms. The van der Waals surface area contributed by atoms with Crippen LogP contribution in [0.3, 0.4) is 0 Å². The molecule has 0 radical (unpaired) electrons. The van der Waals surface area contributed by atoms with Crippen molar-refractivity contribution in [1.82, 2.24) is 20.1 Å². The zero-order chi connectivity index (χ0) is 14.5. The molecular weight excluding hydrogens is 238 g/mol. The first-order chi connectivity index (χ1) is 9.01. The summed E-state index contributed by atoms with van der Waals surface area (Å²) in [5.74, 6) is 5.83. The van der Waals surface area contributed by atoms with E-state index in [9.17, 15) is 0 Å². The smallest absolute Gasteiger partial charge is 0.0492 e. The lowest BCUT2D eigenvalue weighted by molar-refractivity contribution is 0.0840. The molecule has 3 N–H and O–H groups in total. The summed E-state index contributed by atoms with van der Waals surface area (Å²) in [6.45, 7) is 4.47. The van der Waals surface area contributed by atoms with Crippen molar-refractivity contribution < 1.29 is 0 Å². The molecule has 1 rings (SSSR count). The van der Waals surface area contributed by atoms with Crippen LogP contribution in [-0.2, 0) is 13.5 Å². The van der Waals surface area contributed by atoms with Crippen LogP contribution in [0.2, 0.25) is 0 Å². The van der Waals surface area contributed by atoms with Gasteiger partial charge in [0.25, 0.3) is 0 Å². The molecule has 0 aliphatic heterocycles. The maximum atomic E-state index is 5.83. The van der Waals surface area contributed by atoms with Gasteiger partial charge in [-0.15, -0.1) is 0 Å². The predicted octanol–water partition coefficient (Wildman–Crippen LogP) is 1.31. The highest BCUT2D eigenvalue weighted by molar-refractivity contribution is 5.03. The lowest BCUT2D eigenvalue weighted by Crippen LogP contribution is -2.60. The fourth-order valence-electron chi connectivity index (χ4n) is 3.13. The molecule has 0 aliphatic rings. The van der Waals surface area contributed by atoms with E-state index in [-0.39, 0.29) is 11.6 Å². The molecule has 0 aliphatic carbocycles. The van der Waals surface area contributed by atoms with Gasteiger partial charge in [0.1, 0.15) is 0 Å². The van der Waals surface area contributed by atoms with Gasteiger partial charge in [0, 0.05) is 30.5 Å². The molecule has 0 saturated heterocycles. The normalized spacial score (nSPS) is 14.1. The van der Waals surface area contributed by atoms with Crippen molar-refractivity contribution in [2.75, 3.05) is 14.1 Å². The Morgan fingerprint density at radius 1 is 1.42 bits per heavy atom. The van der Waals surface area contributed by atoms with Crippen LogP contribution in [0.15, 0.2) is 12.3 Å². The third-order valence-corrected chi connectivity index (χ3v) is 4.58. The Kier molecular flexibility index (Phi) is 5.97. The number of aryl methyl sites for hydroxylation is 2. The van der Waals surface area contributed by atoms with E-state index in [1.165, 1.54) is 5.69 Å². The Hall–Kier alpha value is -0.910. The maximum absolute atomic E-state index is 5.83. The Bertz CT molecular complexity index is 368. The zero-order valence-corrected chi connectivity index (χ0v) is 13.0. The molecule has 0 bridgehead atoms. The van der Waals surface area contributed by atoms with E-state index in [0.717, 1.165) is 25.7 Å². The number of hydrogen-bond donors (Lipinski definition) is 2. The first kappa shape index (κ1) is 16.1. The van der Waals surface area contributed by atoms with Crippen molar-refractivity contribution in [2.45, 2.75) is 51.1 Å². The van der Waals surface area contributed by atoms with E-state index in [0.29, 0.717) is 0 Å². The minimum Gasteiger partial charge on any atom is -0.302 e. The fraction of sp³-hybridized carbons (Fsp3) is 0.786. The van der Waals surface area contributed by atoms with Gasteiger partial charge in [-0.3, -0.25) is 16.0 Å². The van der Waals surface area contributed by atoms with Gasteiger partial charge in [-0.1, -0.05) is 13.8 Å². The molecule has 0 saturated carbocycles. The molecule has 0 aromatic carbocycles. The molecule has 19 heavy (non-hydrogen) atoms. The second kappa shape index (κ2) is 7.03. The monoisotopic (exact) mass is 267 g/mol. The molecule has 0 fully saturated rings. The first-order valence-corrected chi connectivity index (χ1v) is 7.12. The summed E-state index contributed by atoms with van der Waals surface area (Å²) in [6, 6.07) is 2.34. The Balaban J connectivity index is 2.78. The van der Waals surface area contributed by atoms with Crippen LogP contribution in [-0.4, -0.2) is 40.4 Å². The van der Waals surface area contributed by atoms with E-state index in [2.05, 4.69) is 49.4 Å². The number of aromatic nitrogens is 2. The summed E-state index contributed by atoms with van der Waals surface area (Å²) >= 11 is 0. The van der Waals surface area contributed by atoms with Crippen LogP contribution in [0.25, 0.3) is 0 Å². The summed E-state index contributed by atoms with van der Waals surface area (Å²) in [6.07, 6.45) is 6.00. The molecule has 0 amide bonds.